The monoisotopic (exact) mass is 820 g/mol. The lowest BCUT2D eigenvalue weighted by molar-refractivity contribution is -0.173. The van der Waals surface area contributed by atoms with E-state index in [4.69, 9.17) is 18.9 Å². The first-order valence-corrected chi connectivity index (χ1v) is 18.2. The van der Waals surface area contributed by atoms with Gasteiger partial charge >= 0.3 is 24.7 Å². The van der Waals surface area contributed by atoms with E-state index in [-0.39, 0.29) is 58.5 Å². The Kier molecular flexibility index (Phi) is 18.0. The van der Waals surface area contributed by atoms with Crippen molar-refractivity contribution in [3.63, 3.8) is 0 Å². The Morgan fingerprint density at radius 2 is 1.16 bits per heavy atom. The molecule has 0 radical (unpaired) electrons. The Morgan fingerprint density at radius 3 is 1.63 bits per heavy atom. The number of ether oxygens (including phenoxy) is 4. The average molecular weight is 821 g/mol. The Hall–Kier alpha value is -4.48. The number of alkyl halides is 8. The van der Waals surface area contributed by atoms with Crippen LogP contribution >= 0.6 is 0 Å². The van der Waals surface area contributed by atoms with Crippen molar-refractivity contribution >= 4 is 11.8 Å². The summed E-state index contributed by atoms with van der Waals surface area (Å²) in [6.45, 7) is -1.72. The van der Waals surface area contributed by atoms with Gasteiger partial charge in [0.05, 0.1) is 34.0 Å². The van der Waals surface area contributed by atoms with Crippen molar-refractivity contribution in [1.82, 2.24) is 10.6 Å². The molecule has 0 saturated heterocycles. The average Bonchev–Trinajstić information content (AvgIpc) is 3.18. The highest BCUT2D eigenvalue weighted by molar-refractivity contribution is 5.81. The number of amides is 2. The highest BCUT2D eigenvalue weighted by Crippen LogP contribution is 2.42. The van der Waals surface area contributed by atoms with Crippen LogP contribution in [0.2, 0.25) is 0 Å². The lowest BCUT2D eigenvalue weighted by atomic mass is 9.75. The summed E-state index contributed by atoms with van der Waals surface area (Å²) in [5.74, 6) is -2.55. The summed E-state index contributed by atoms with van der Waals surface area (Å²) in [6, 6.07) is 23.5. The summed E-state index contributed by atoms with van der Waals surface area (Å²) < 4.78 is 127. The topological polar surface area (TPSA) is 115 Å². The van der Waals surface area contributed by atoms with E-state index >= 15 is 0 Å². The fourth-order valence-corrected chi connectivity index (χ4v) is 6.53. The number of benzene rings is 3. The fourth-order valence-electron chi connectivity index (χ4n) is 6.53. The Labute approximate surface area is 326 Å². The van der Waals surface area contributed by atoms with Gasteiger partial charge in [-0.05, 0) is 84.9 Å². The molecule has 9 nitrogen and oxygen atoms in total. The minimum Gasteiger partial charge on any atom is -0.497 e. The molecule has 57 heavy (non-hydrogen) atoms. The van der Waals surface area contributed by atoms with E-state index in [1.807, 2.05) is 59.9 Å². The van der Waals surface area contributed by atoms with Crippen LogP contribution in [0.15, 0.2) is 78.9 Å². The van der Waals surface area contributed by atoms with Crippen molar-refractivity contribution < 1.29 is 68.8 Å². The second-order valence-corrected chi connectivity index (χ2v) is 13.5. The van der Waals surface area contributed by atoms with E-state index in [1.165, 1.54) is 14.2 Å². The van der Waals surface area contributed by atoms with Gasteiger partial charge in [0.15, 0.2) is 0 Å². The van der Waals surface area contributed by atoms with Crippen molar-refractivity contribution in [2.24, 2.45) is 5.41 Å². The van der Waals surface area contributed by atoms with Crippen LogP contribution in [0.5, 0.6) is 11.5 Å². The van der Waals surface area contributed by atoms with Gasteiger partial charge in [0.25, 0.3) is 5.91 Å². The van der Waals surface area contributed by atoms with E-state index in [0.29, 0.717) is 28.2 Å². The molecular weight excluding hydrogens is 772 g/mol. The molecule has 0 heterocycles. The number of halogens is 8. The molecule has 316 valence electrons. The number of hydrogen-bond acceptors (Lipinski definition) is 7. The van der Waals surface area contributed by atoms with Gasteiger partial charge in [-0.3, -0.25) is 9.59 Å². The zero-order valence-electron chi connectivity index (χ0n) is 31.6. The summed E-state index contributed by atoms with van der Waals surface area (Å²) in [7, 11) is 3.05. The number of carbonyl (C=O) groups excluding carboxylic acids is 2. The number of rotatable bonds is 24. The molecule has 2 atom stereocenters. The largest absolute Gasteiger partial charge is 0.497 e. The van der Waals surface area contributed by atoms with Gasteiger partial charge < -0.3 is 34.7 Å². The normalized spacial score (nSPS) is 13.8. The standard InChI is InChI=1S/C40H48F8N2O7/c1-54-32-15-11-29(12-16-32)39(28-9-4-3-5-10-28,30-13-17-33(55-2)18-14-30)57-26-31(51)25-56-27-37(19-6-22-38(43,44)45,20-7-23-49-35(52)34(41)42)21-8-24-50-36(53)40(46,47)48/h3-5,9-18,31,34,51H,6-8,19-27H2,1-2H3,(H,49,52)(H,50,53). The zero-order chi connectivity index (χ0) is 42.1. The van der Waals surface area contributed by atoms with Crippen LogP contribution in [-0.4, -0.2) is 88.9 Å². The van der Waals surface area contributed by atoms with E-state index in [1.54, 1.807) is 29.6 Å². The fraction of sp³-hybridized carbons (Fsp3) is 0.500. The maximum absolute atomic E-state index is 13.2. The SMILES string of the molecule is COc1ccc(C(OCC(O)COCC(CCCNC(=O)C(F)F)(CCCNC(=O)C(F)(F)F)CCCC(F)(F)F)(c2ccccc2)c2ccc(OC)cc2)cc1. The van der Waals surface area contributed by atoms with Crippen LogP contribution < -0.4 is 20.1 Å². The first kappa shape index (κ1) is 46.9. The van der Waals surface area contributed by atoms with Crippen LogP contribution in [0, 0.1) is 5.41 Å². The maximum Gasteiger partial charge on any atom is 0.471 e. The summed E-state index contributed by atoms with van der Waals surface area (Å²) >= 11 is 0. The quantitative estimate of drug-likeness (QED) is 0.0482. The van der Waals surface area contributed by atoms with Crippen molar-refractivity contribution in [1.29, 1.82) is 0 Å². The maximum atomic E-state index is 13.2. The highest BCUT2D eigenvalue weighted by atomic mass is 19.4. The predicted octanol–water partition coefficient (Wildman–Crippen LogP) is 7.73. The van der Waals surface area contributed by atoms with Crippen LogP contribution in [0.1, 0.15) is 61.6 Å². The Morgan fingerprint density at radius 1 is 0.667 bits per heavy atom. The predicted molar refractivity (Wildman–Crippen MR) is 194 cm³/mol. The summed E-state index contributed by atoms with van der Waals surface area (Å²) in [4.78, 5) is 22.8. The number of aliphatic hydroxyl groups excluding tert-OH is 1. The lowest BCUT2D eigenvalue weighted by Gasteiger charge is -2.37. The van der Waals surface area contributed by atoms with Crippen LogP contribution in [0.3, 0.4) is 0 Å². The van der Waals surface area contributed by atoms with Crippen molar-refractivity contribution in [3.05, 3.63) is 95.6 Å². The molecule has 3 N–H and O–H groups in total. The van der Waals surface area contributed by atoms with Gasteiger partial charge in [0.1, 0.15) is 23.2 Å². The molecule has 3 aromatic carbocycles. The summed E-state index contributed by atoms with van der Waals surface area (Å²) in [5, 5.41) is 15.0. The first-order valence-electron chi connectivity index (χ1n) is 18.2. The number of carbonyl (C=O) groups is 2. The van der Waals surface area contributed by atoms with Crippen LogP contribution in [0.25, 0.3) is 0 Å². The second kappa shape index (κ2) is 21.9. The van der Waals surface area contributed by atoms with Gasteiger partial charge in [0, 0.05) is 19.5 Å². The van der Waals surface area contributed by atoms with E-state index in [9.17, 15) is 49.8 Å². The molecule has 2 amide bonds. The number of methoxy groups -OCH3 is 2. The van der Waals surface area contributed by atoms with Crippen LogP contribution in [0.4, 0.5) is 35.1 Å². The first-order chi connectivity index (χ1) is 26.9. The molecule has 0 aromatic heterocycles. The van der Waals surface area contributed by atoms with Crippen LogP contribution in [-0.2, 0) is 24.7 Å². The molecule has 0 bridgehead atoms. The molecule has 0 spiro atoms. The minimum absolute atomic E-state index is 0.0116. The lowest BCUT2D eigenvalue weighted by Crippen LogP contribution is -2.38. The molecule has 0 aliphatic carbocycles. The van der Waals surface area contributed by atoms with Gasteiger partial charge in [-0.15, -0.1) is 0 Å². The van der Waals surface area contributed by atoms with Crippen molar-refractivity contribution in [3.8, 4) is 11.5 Å². The smallest absolute Gasteiger partial charge is 0.471 e. The molecule has 2 unspecified atom stereocenters. The summed E-state index contributed by atoms with van der Waals surface area (Å²) in [6.07, 6.45) is -16.1. The van der Waals surface area contributed by atoms with Crippen molar-refractivity contribution in [2.45, 2.75) is 75.4 Å². The molecule has 17 heteroatoms. The number of aliphatic hydroxyl groups is 1. The molecular formula is C40H48F8N2O7. The van der Waals surface area contributed by atoms with Gasteiger partial charge in [-0.2, -0.15) is 35.1 Å². The molecule has 0 aliphatic rings. The minimum atomic E-state index is -5.15. The zero-order valence-corrected chi connectivity index (χ0v) is 31.6. The molecule has 3 rings (SSSR count). The number of nitrogens with one attached hydrogen (secondary N) is 2. The van der Waals surface area contributed by atoms with Gasteiger partial charge in [-0.1, -0.05) is 54.6 Å². The molecule has 3 aromatic rings. The third-order valence-corrected chi connectivity index (χ3v) is 9.36. The Balaban J connectivity index is 1.87. The van der Waals surface area contributed by atoms with E-state index in [0.717, 1.165) is 0 Å². The number of hydrogen-bond donors (Lipinski definition) is 3. The summed E-state index contributed by atoms with van der Waals surface area (Å²) in [5.41, 5.74) is -0.426. The van der Waals surface area contributed by atoms with E-state index < -0.39 is 67.1 Å². The van der Waals surface area contributed by atoms with Gasteiger partial charge in [-0.25, -0.2) is 0 Å². The second-order valence-electron chi connectivity index (χ2n) is 13.5. The third kappa shape index (κ3) is 14.8. The third-order valence-electron chi connectivity index (χ3n) is 9.36. The Bertz CT molecular complexity index is 1600. The molecule has 0 saturated carbocycles. The highest BCUT2D eigenvalue weighted by Gasteiger charge is 2.40. The van der Waals surface area contributed by atoms with Gasteiger partial charge in [0.2, 0.25) is 0 Å². The molecule has 0 aliphatic heterocycles. The van der Waals surface area contributed by atoms with Crippen molar-refractivity contribution in [2.75, 3.05) is 47.1 Å². The molecule has 0 fully saturated rings. The van der Waals surface area contributed by atoms with E-state index in [2.05, 4.69) is 0 Å².